The number of aromatic carboxylic acids is 1. The van der Waals surface area contributed by atoms with Gasteiger partial charge in [0.15, 0.2) is 11.5 Å². The Morgan fingerprint density at radius 3 is 2.60 bits per heavy atom. The van der Waals surface area contributed by atoms with Crippen LogP contribution in [0.5, 0.6) is 5.75 Å². The van der Waals surface area contributed by atoms with Crippen molar-refractivity contribution < 1.29 is 24.0 Å². The number of aromatic nitrogens is 1. The van der Waals surface area contributed by atoms with E-state index in [9.17, 15) is 9.59 Å². The van der Waals surface area contributed by atoms with Crippen LogP contribution < -0.4 is 10.1 Å². The first kappa shape index (κ1) is 13.6. The Hall–Kier alpha value is -2.83. The van der Waals surface area contributed by atoms with Crippen molar-refractivity contribution in [1.29, 1.82) is 0 Å². The number of nitrogens with one attached hydrogen (secondary N) is 1. The van der Waals surface area contributed by atoms with Crippen molar-refractivity contribution >= 4 is 17.6 Å². The maximum absolute atomic E-state index is 10.9. The highest BCUT2D eigenvalue weighted by Crippen LogP contribution is 2.17. The van der Waals surface area contributed by atoms with Crippen LogP contribution in [-0.4, -0.2) is 22.1 Å². The number of amides is 1. The van der Waals surface area contributed by atoms with Crippen LogP contribution in [0.25, 0.3) is 0 Å². The number of ether oxygens (including phenoxy) is 1. The highest BCUT2D eigenvalue weighted by molar-refractivity contribution is 5.88. The molecule has 0 atom stereocenters. The maximum Gasteiger partial charge on any atom is 0.358 e. The second-order valence-corrected chi connectivity index (χ2v) is 3.98. The van der Waals surface area contributed by atoms with Gasteiger partial charge in [-0.3, -0.25) is 4.79 Å². The van der Waals surface area contributed by atoms with E-state index in [0.717, 1.165) is 0 Å². The Bertz CT molecular complexity index is 618. The molecular weight excluding hydrogens is 264 g/mol. The Morgan fingerprint density at radius 2 is 2.05 bits per heavy atom. The first-order valence-electron chi connectivity index (χ1n) is 5.74. The minimum atomic E-state index is -1.15. The van der Waals surface area contributed by atoms with E-state index in [1.807, 2.05) is 0 Å². The van der Waals surface area contributed by atoms with Crippen LogP contribution in [0.2, 0.25) is 0 Å². The summed E-state index contributed by atoms with van der Waals surface area (Å²) >= 11 is 0. The number of carbonyl (C=O) groups excluding carboxylic acids is 1. The summed E-state index contributed by atoms with van der Waals surface area (Å²) in [5.41, 5.74) is 0.502. The van der Waals surface area contributed by atoms with E-state index >= 15 is 0 Å². The quantitative estimate of drug-likeness (QED) is 0.864. The summed E-state index contributed by atoms with van der Waals surface area (Å²) in [6, 6.07) is 8.05. The standard InChI is InChI=1S/C13H12N2O5/c1-8(16)14-9-2-4-10(5-3-9)19-7-11-6-12(13(17)18)15-20-11/h2-6H,7H2,1H3,(H,14,16)(H,17,18). The summed E-state index contributed by atoms with van der Waals surface area (Å²) in [6.45, 7) is 1.49. The largest absolute Gasteiger partial charge is 0.486 e. The van der Waals surface area contributed by atoms with Crippen molar-refractivity contribution in [3.63, 3.8) is 0 Å². The monoisotopic (exact) mass is 276 g/mol. The molecular formula is C13H12N2O5. The van der Waals surface area contributed by atoms with E-state index in [0.29, 0.717) is 17.2 Å². The molecule has 2 N–H and O–H groups in total. The second-order valence-electron chi connectivity index (χ2n) is 3.98. The molecule has 1 heterocycles. The van der Waals surface area contributed by atoms with Crippen LogP contribution in [0.4, 0.5) is 5.69 Å². The van der Waals surface area contributed by atoms with Gasteiger partial charge >= 0.3 is 5.97 Å². The third-order valence-corrected chi connectivity index (χ3v) is 2.33. The van der Waals surface area contributed by atoms with Gasteiger partial charge in [0, 0.05) is 18.7 Å². The molecule has 7 nitrogen and oxygen atoms in total. The molecule has 1 aromatic carbocycles. The summed E-state index contributed by atoms with van der Waals surface area (Å²) in [5.74, 6) is -0.429. The van der Waals surface area contributed by atoms with Gasteiger partial charge < -0.3 is 19.7 Å². The molecule has 0 aliphatic heterocycles. The number of rotatable bonds is 5. The minimum Gasteiger partial charge on any atom is -0.486 e. The molecule has 0 unspecified atom stereocenters. The summed E-state index contributed by atoms with van der Waals surface area (Å²) in [7, 11) is 0. The molecule has 7 heteroatoms. The van der Waals surface area contributed by atoms with Gasteiger partial charge in [-0.1, -0.05) is 5.16 Å². The van der Waals surface area contributed by atoms with E-state index in [4.69, 9.17) is 14.4 Å². The van der Waals surface area contributed by atoms with Gasteiger partial charge in [0.1, 0.15) is 12.4 Å². The lowest BCUT2D eigenvalue weighted by molar-refractivity contribution is -0.114. The zero-order chi connectivity index (χ0) is 14.5. The second kappa shape index (κ2) is 5.87. The van der Waals surface area contributed by atoms with Crippen LogP contribution in [0.3, 0.4) is 0 Å². The maximum atomic E-state index is 10.9. The van der Waals surface area contributed by atoms with Gasteiger partial charge in [0.25, 0.3) is 0 Å². The van der Waals surface area contributed by atoms with E-state index in [1.54, 1.807) is 24.3 Å². The zero-order valence-electron chi connectivity index (χ0n) is 10.6. The topological polar surface area (TPSA) is 102 Å². The lowest BCUT2D eigenvalue weighted by Crippen LogP contribution is -2.05. The molecule has 1 aromatic heterocycles. The number of anilines is 1. The lowest BCUT2D eigenvalue weighted by Gasteiger charge is -2.05. The normalized spacial score (nSPS) is 10.1. The number of carboxylic acid groups (broad SMARTS) is 1. The molecule has 0 saturated carbocycles. The van der Waals surface area contributed by atoms with E-state index < -0.39 is 5.97 Å². The van der Waals surface area contributed by atoms with Gasteiger partial charge in [-0.2, -0.15) is 0 Å². The molecule has 0 radical (unpaired) electrons. The van der Waals surface area contributed by atoms with E-state index in [-0.39, 0.29) is 18.2 Å². The third-order valence-electron chi connectivity index (χ3n) is 2.33. The fourth-order valence-electron chi connectivity index (χ4n) is 1.47. The summed E-state index contributed by atoms with van der Waals surface area (Å²) in [5, 5.41) is 14.7. The van der Waals surface area contributed by atoms with Gasteiger partial charge in [-0.25, -0.2) is 4.79 Å². The molecule has 0 saturated heterocycles. The zero-order valence-corrected chi connectivity index (χ0v) is 10.6. The van der Waals surface area contributed by atoms with Crippen molar-refractivity contribution in [2.24, 2.45) is 0 Å². The first-order valence-corrected chi connectivity index (χ1v) is 5.74. The van der Waals surface area contributed by atoms with Crippen LogP contribution in [-0.2, 0) is 11.4 Å². The number of carboxylic acids is 1. The molecule has 2 rings (SSSR count). The average molecular weight is 276 g/mol. The number of benzene rings is 1. The van der Waals surface area contributed by atoms with Gasteiger partial charge in [0.2, 0.25) is 5.91 Å². The number of hydrogen-bond donors (Lipinski definition) is 2. The number of carbonyl (C=O) groups is 2. The summed E-state index contributed by atoms with van der Waals surface area (Å²) in [4.78, 5) is 21.5. The van der Waals surface area contributed by atoms with Gasteiger partial charge in [-0.15, -0.1) is 0 Å². The lowest BCUT2D eigenvalue weighted by atomic mass is 10.3. The molecule has 0 aliphatic carbocycles. The van der Waals surface area contributed by atoms with Gasteiger partial charge in [-0.05, 0) is 24.3 Å². The molecule has 0 aliphatic rings. The van der Waals surface area contributed by atoms with E-state index in [1.165, 1.54) is 13.0 Å². The molecule has 1 amide bonds. The van der Waals surface area contributed by atoms with Crippen molar-refractivity contribution in [1.82, 2.24) is 5.16 Å². The summed E-state index contributed by atoms with van der Waals surface area (Å²) < 4.78 is 10.2. The Balaban J connectivity index is 1.93. The van der Waals surface area contributed by atoms with Gasteiger partial charge in [0.05, 0.1) is 0 Å². The molecule has 0 fully saturated rings. The molecule has 0 spiro atoms. The Labute approximate surface area is 114 Å². The van der Waals surface area contributed by atoms with Crippen LogP contribution in [0.15, 0.2) is 34.9 Å². The van der Waals surface area contributed by atoms with Crippen molar-refractivity contribution in [2.75, 3.05) is 5.32 Å². The smallest absolute Gasteiger partial charge is 0.358 e. The number of nitrogens with zero attached hydrogens (tertiary/aromatic N) is 1. The molecule has 20 heavy (non-hydrogen) atoms. The molecule has 104 valence electrons. The third kappa shape index (κ3) is 3.58. The minimum absolute atomic E-state index is 0.0692. The van der Waals surface area contributed by atoms with Crippen molar-refractivity contribution in [3.8, 4) is 5.75 Å². The SMILES string of the molecule is CC(=O)Nc1ccc(OCc2cc(C(=O)O)no2)cc1. The Morgan fingerprint density at radius 1 is 1.35 bits per heavy atom. The number of hydrogen-bond acceptors (Lipinski definition) is 5. The fourth-order valence-corrected chi connectivity index (χ4v) is 1.47. The predicted molar refractivity (Wildman–Crippen MR) is 68.5 cm³/mol. The van der Waals surface area contributed by atoms with Crippen LogP contribution in [0, 0.1) is 0 Å². The molecule has 2 aromatic rings. The predicted octanol–water partition coefficient (Wildman–Crippen LogP) is 1.91. The van der Waals surface area contributed by atoms with Crippen LogP contribution in [0.1, 0.15) is 23.2 Å². The highest BCUT2D eigenvalue weighted by Gasteiger charge is 2.10. The fraction of sp³-hybridized carbons (Fsp3) is 0.154. The van der Waals surface area contributed by atoms with Crippen molar-refractivity contribution in [3.05, 3.63) is 41.8 Å². The highest BCUT2D eigenvalue weighted by atomic mass is 16.5. The average Bonchev–Trinajstić information content (AvgIpc) is 2.86. The van der Waals surface area contributed by atoms with E-state index in [2.05, 4.69) is 10.5 Å². The van der Waals surface area contributed by atoms with Crippen molar-refractivity contribution in [2.45, 2.75) is 13.5 Å². The first-order chi connectivity index (χ1) is 9.54. The molecule has 0 bridgehead atoms. The van der Waals surface area contributed by atoms with Crippen LogP contribution >= 0.6 is 0 Å². The summed E-state index contributed by atoms with van der Waals surface area (Å²) in [6.07, 6.45) is 0. The Kier molecular flexibility index (Phi) is 3.99.